The van der Waals surface area contributed by atoms with E-state index in [1.54, 1.807) is 32.4 Å². The van der Waals surface area contributed by atoms with Crippen molar-refractivity contribution in [3.05, 3.63) is 48.0 Å². The van der Waals surface area contributed by atoms with Crippen LogP contribution in [0.25, 0.3) is 11.4 Å². The summed E-state index contributed by atoms with van der Waals surface area (Å²) in [4.78, 5) is 10.5. The van der Waals surface area contributed by atoms with Crippen molar-refractivity contribution >= 4 is 0 Å². The van der Waals surface area contributed by atoms with Gasteiger partial charge in [-0.1, -0.05) is 5.16 Å². The molecule has 0 aliphatic carbocycles. The van der Waals surface area contributed by atoms with E-state index in [4.69, 9.17) is 13.7 Å². The first-order chi connectivity index (χ1) is 12.6. The van der Waals surface area contributed by atoms with Crippen molar-refractivity contribution in [3.8, 4) is 17.1 Å². The van der Waals surface area contributed by atoms with E-state index < -0.39 is 5.67 Å². The van der Waals surface area contributed by atoms with Crippen LogP contribution in [-0.2, 0) is 12.2 Å². The molecule has 0 bridgehead atoms. The molecular formula is C18H19FN4O3. The van der Waals surface area contributed by atoms with E-state index in [9.17, 15) is 0 Å². The summed E-state index contributed by atoms with van der Waals surface area (Å²) in [6.45, 7) is 3.08. The maximum atomic E-state index is 15.3. The molecule has 3 heterocycles. The molecule has 0 saturated carbocycles. The van der Waals surface area contributed by atoms with Crippen molar-refractivity contribution in [3.63, 3.8) is 0 Å². The Morgan fingerprint density at radius 3 is 2.77 bits per heavy atom. The molecular weight excluding hydrogens is 339 g/mol. The highest BCUT2D eigenvalue weighted by atomic mass is 19.1. The first kappa shape index (κ1) is 16.7. The molecule has 0 amide bonds. The average molecular weight is 358 g/mol. The number of hydrogen-bond acceptors (Lipinski definition) is 7. The minimum absolute atomic E-state index is 0.0159. The fourth-order valence-corrected chi connectivity index (χ4v) is 3.13. The number of oxazole rings is 1. The summed E-state index contributed by atoms with van der Waals surface area (Å²) in [5, 5.41) is 3.93. The molecule has 26 heavy (non-hydrogen) atoms. The zero-order valence-corrected chi connectivity index (χ0v) is 14.6. The molecule has 0 N–H and O–H groups in total. The molecule has 8 heteroatoms. The highest BCUT2D eigenvalue weighted by molar-refractivity contribution is 5.55. The maximum absolute atomic E-state index is 15.3. The Morgan fingerprint density at radius 2 is 2.08 bits per heavy atom. The number of nitrogens with zero attached hydrogens (tertiary/aromatic N) is 4. The van der Waals surface area contributed by atoms with Crippen LogP contribution in [0, 0.1) is 6.92 Å². The Balaban J connectivity index is 1.47. The normalized spacial score (nSPS) is 20.6. The Morgan fingerprint density at radius 1 is 1.27 bits per heavy atom. The highest BCUT2D eigenvalue weighted by Gasteiger charge is 2.45. The van der Waals surface area contributed by atoms with Gasteiger partial charge in [0.1, 0.15) is 12.0 Å². The van der Waals surface area contributed by atoms with Crippen molar-refractivity contribution < 1.29 is 18.1 Å². The molecule has 136 valence electrons. The summed E-state index contributed by atoms with van der Waals surface area (Å²) in [5.74, 6) is 1.72. The summed E-state index contributed by atoms with van der Waals surface area (Å²) in [6, 6.07) is 7.22. The maximum Gasteiger partial charge on any atom is 0.266 e. The molecule has 4 rings (SSSR count). The van der Waals surface area contributed by atoms with Crippen LogP contribution in [0.1, 0.15) is 23.9 Å². The molecule has 7 nitrogen and oxygen atoms in total. The first-order valence-electron chi connectivity index (χ1n) is 8.37. The van der Waals surface area contributed by atoms with Crippen LogP contribution >= 0.6 is 0 Å². The Hall–Kier alpha value is -2.74. The van der Waals surface area contributed by atoms with E-state index in [1.807, 2.05) is 17.0 Å². The van der Waals surface area contributed by atoms with Crippen molar-refractivity contribution in [2.24, 2.45) is 0 Å². The summed E-state index contributed by atoms with van der Waals surface area (Å²) >= 11 is 0. The van der Waals surface area contributed by atoms with Gasteiger partial charge >= 0.3 is 0 Å². The van der Waals surface area contributed by atoms with Gasteiger partial charge in [-0.2, -0.15) is 4.98 Å². The number of benzene rings is 1. The predicted octanol–water partition coefficient (Wildman–Crippen LogP) is 3.11. The van der Waals surface area contributed by atoms with Gasteiger partial charge < -0.3 is 13.7 Å². The van der Waals surface area contributed by atoms with Crippen LogP contribution in [0.2, 0.25) is 0 Å². The minimum atomic E-state index is -1.66. The van der Waals surface area contributed by atoms with Crippen LogP contribution in [0.3, 0.4) is 0 Å². The summed E-state index contributed by atoms with van der Waals surface area (Å²) in [5.41, 5.74) is -0.121. The second-order valence-corrected chi connectivity index (χ2v) is 6.44. The van der Waals surface area contributed by atoms with E-state index in [-0.39, 0.29) is 12.4 Å². The lowest BCUT2D eigenvalue weighted by atomic mass is 10.1. The average Bonchev–Trinajstić information content (AvgIpc) is 3.37. The second-order valence-electron chi connectivity index (χ2n) is 6.44. The lowest BCUT2D eigenvalue weighted by molar-refractivity contribution is 0.115. The number of hydrogen-bond donors (Lipinski definition) is 0. The lowest BCUT2D eigenvalue weighted by Crippen LogP contribution is -2.27. The number of aromatic nitrogens is 3. The number of aryl methyl sites for hydroxylation is 1. The molecule has 1 aliphatic rings. The fraction of sp³-hybridized carbons (Fsp3) is 0.389. The molecule has 1 aliphatic heterocycles. The van der Waals surface area contributed by atoms with Crippen molar-refractivity contribution in [1.82, 2.24) is 20.0 Å². The zero-order valence-electron chi connectivity index (χ0n) is 14.6. The Kier molecular flexibility index (Phi) is 4.20. The molecule has 1 aromatic carbocycles. The summed E-state index contributed by atoms with van der Waals surface area (Å²) in [7, 11) is 1.60. The third-order valence-corrected chi connectivity index (χ3v) is 4.51. The number of rotatable bonds is 5. The molecule has 1 unspecified atom stereocenters. The van der Waals surface area contributed by atoms with E-state index >= 15 is 4.39 Å². The van der Waals surface area contributed by atoms with Crippen molar-refractivity contribution in [2.75, 3.05) is 20.2 Å². The van der Waals surface area contributed by atoms with Gasteiger partial charge in [0.25, 0.3) is 5.89 Å². The predicted molar refractivity (Wildman–Crippen MR) is 90.2 cm³/mol. The second kappa shape index (κ2) is 6.53. The van der Waals surface area contributed by atoms with Gasteiger partial charge in [-0.05, 0) is 24.3 Å². The van der Waals surface area contributed by atoms with Crippen LogP contribution < -0.4 is 4.74 Å². The van der Waals surface area contributed by atoms with Crippen LogP contribution in [0.4, 0.5) is 4.39 Å². The molecule has 2 aromatic heterocycles. The Labute approximate surface area is 149 Å². The first-order valence-corrected chi connectivity index (χ1v) is 8.37. The quantitative estimate of drug-likeness (QED) is 0.693. The summed E-state index contributed by atoms with van der Waals surface area (Å²) in [6.07, 6.45) is 1.90. The molecule has 3 aromatic rings. The number of ether oxygens (including phenoxy) is 1. The smallest absolute Gasteiger partial charge is 0.266 e. The molecule has 0 spiro atoms. The van der Waals surface area contributed by atoms with Crippen LogP contribution in [-0.4, -0.2) is 40.2 Å². The minimum Gasteiger partial charge on any atom is -0.497 e. The third-order valence-electron chi connectivity index (χ3n) is 4.51. The number of methoxy groups -OCH3 is 1. The molecule has 1 atom stereocenters. The van der Waals surface area contributed by atoms with Gasteiger partial charge in [0.15, 0.2) is 5.89 Å². The van der Waals surface area contributed by atoms with Crippen LogP contribution in [0.15, 0.2) is 39.5 Å². The number of likely N-dealkylation sites (tertiary alicyclic amines) is 1. The Bertz CT molecular complexity index is 892. The molecule has 1 fully saturated rings. The third kappa shape index (κ3) is 3.20. The van der Waals surface area contributed by atoms with E-state index in [1.165, 1.54) is 0 Å². The lowest BCUT2D eigenvalue weighted by Gasteiger charge is -2.16. The van der Waals surface area contributed by atoms with Gasteiger partial charge in [0.05, 0.1) is 12.8 Å². The van der Waals surface area contributed by atoms with Gasteiger partial charge in [0, 0.05) is 38.5 Å². The number of alkyl halides is 1. The summed E-state index contributed by atoms with van der Waals surface area (Å²) < 4.78 is 30.9. The van der Waals surface area contributed by atoms with Gasteiger partial charge in [-0.25, -0.2) is 9.37 Å². The SMILES string of the molecule is COc1ccc(-c2noc(C3(F)CCN(Cc4coc(C)n4)C3)n2)cc1. The molecule has 1 saturated heterocycles. The van der Waals surface area contributed by atoms with E-state index in [0.717, 1.165) is 17.0 Å². The van der Waals surface area contributed by atoms with Crippen LogP contribution in [0.5, 0.6) is 5.75 Å². The highest BCUT2D eigenvalue weighted by Crippen LogP contribution is 2.36. The van der Waals surface area contributed by atoms with E-state index in [2.05, 4.69) is 15.1 Å². The van der Waals surface area contributed by atoms with Crippen molar-refractivity contribution in [2.45, 2.75) is 25.6 Å². The van der Waals surface area contributed by atoms with Crippen molar-refractivity contribution in [1.29, 1.82) is 0 Å². The largest absolute Gasteiger partial charge is 0.497 e. The zero-order chi connectivity index (χ0) is 18.1. The fourth-order valence-electron chi connectivity index (χ4n) is 3.13. The standard InChI is InChI=1S/C18H19FN4O3/c1-12-20-14(10-25-12)9-23-8-7-18(19,11-23)17-21-16(22-26-17)13-3-5-15(24-2)6-4-13/h3-6,10H,7-9,11H2,1-2H3. The van der Waals surface area contributed by atoms with Gasteiger partial charge in [-0.15, -0.1) is 0 Å². The monoisotopic (exact) mass is 358 g/mol. The number of halogens is 1. The topological polar surface area (TPSA) is 77.4 Å². The van der Waals surface area contributed by atoms with E-state index in [0.29, 0.717) is 31.2 Å². The van der Waals surface area contributed by atoms with Gasteiger partial charge in [0.2, 0.25) is 11.5 Å². The molecule has 0 radical (unpaired) electrons. The van der Waals surface area contributed by atoms with Gasteiger partial charge in [-0.3, -0.25) is 4.90 Å².